The van der Waals surface area contributed by atoms with Crippen molar-refractivity contribution in [2.24, 2.45) is 0 Å². The van der Waals surface area contributed by atoms with Crippen LogP contribution in [0.1, 0.15) is 15.9 Å². The first kappa shape index (κ1) is 14.4. The Morgan fingerprint density at radius 3 is 2.86 bits per heavy atom. The number of rotatable bonds is 4. The molecular weight excluding hydrogens is 290 g/mol. The van der Waals surface area contributed by atoms with Crippen LogP contribution in [0, 0.1) is 11.3 Å². The monoisotopic (exact) mass is 299 g/mol. The first-order valence-electron chi connectivity index (χ1n) is 5.76. The van der Waals surface area contributed by atoms with Gasteiger partial charge in [0.2, 0.25) is 0 Å². The van der Waals surface area contributed by atoms with Gasteiger partial charge < -0.3 is 5.11 Å². The SMILES string of the molecule is N#C/C(=C\c1cccc(C(=O)O)c1)C(=O)Nc1nccs1. The minimum absolute atomic E-state index is 0.0846. The maximum atomic E-state index is 11.9. The number of nitrogens with zero attached hydrogens (tertiary/aromatic N) is 2. The van der Waals surface area contributed by atoms with Crippen LogP contribution in [0.3, 0.4) is 0 Å². The Bertz CT molecular complexity index is 745. The summed E-state index contributed by atoms with van der Waals surface area (Å²) in [4.78, 5) is 26.7. The first-order chi connectivity index (χ1) is 10.1. The molecule has 0 spiro atoms. The Morgan fingerprint density at radius 2 is 2.24 bits per heavy atom. The zero-order valence-corrected chi connectivity index (χ0v) is 11.4. The fourth-order valence-corrected chi connectivity index (χ4v) is 2.05. The summed E-state index contributed by atoms with van der Waals surface area (Å²) in [6.07, 6.45) is 2.86. The lowest BCUT2D eigenvalue weighted by Gasteiger charge is -2.01. The third-order valence-corrected chi connectivity index (χ3v) is 3.15. The van der Waals surface area contributed by atoms with E-state index >= 15 is 0 Å². The lowest BCUT2D eigenvalue weighted by atomic mass is 10.1. The van der Waals surface area contributed by atoms with Crippen molar-refractivity contribution < 1.29 is 14.7 Å². The van der Waals surface area contributed by atoms with E-state index in [1.807, 2.05) is 0 Å². The van der Waals surface area contributed by atoms with Crippen molar-refractivity contribution in [3.8, 4) is 6.07 Å². The Kier molecular flexibility index (Phi) is 4.43. The fraction of sp³-hybridized carbons (Fsp3) is 0. The second-order valence-electron chi connectivity index (χ2n) is 3.89. The molecule has 0 aliphatic rings. The Morgan fingerprint density at radius 1 is 1.43 bits per heavy atom. The quantitative estimate of drug-likeness (QED) is 0.666. The zero-order chi connectivity index (χ0) is 15.2. The van der Waals surface area contributed by atoms with Crippen LogP contribution < -0.4 is 5.32 Å². The summed E-state index contributed by atoms with van der Waals surface area (Å²) in [5, 5.41) is 22.5. The van der Waals surface area contributed by atoms with Gasteiger partial charge >= 0.3 is 5.97 Å². The van der Waals surface area contributed by atoms with Crippen LogP contribution in [0.2, 0.25) is 0 Å². The molecule has 2 rings (SSSR count). The lowest BCUT2D eigenvalue weighted by Crippen LogP contribution is -2.13. The molecule has 0 fully saturated rings. The number of hydrogen-bond donors (Lipinski definition) is 2. The van der Waals surface area contributed by atoms with Gasteiger partial charge in [0.05, 0.1) is 5.56 Å². The number of nitriles is 1. The summed E-state index contributed by atoms with van der Waals surface area (Å²) < 4.78 is 0. The van der Waals surface area contributed by atoms with Crippen LogP contribution in [-0.4, -0.2) is 22.0 Å². The highest BCUT2D eigenvalue weighted by Crippen LogP contribution is 2.14. The third kappa shape index (κ3) is 3.75. The number of carboxylic acids is 1. The van der Waals surface area contributed by atoms with Crippen molar-refractivity contribution in [1.82, 2.24) is 4.98 Å². The summed E-state index contributed by atoms with van der Waals surface area (Å²) in [5.74, 6) is -1.66. The van der Waals surface area contributed by atoms with Crippen molar-refractivity contribution in [3.05, 3.63) is 52.5 Å². The molecule has 0 aliphatic heterocycles. The van der Waals surface area contributed by atoms with Crippen LogP contribution in [0.25, 0.3) is 6.08 Å². The molecule has 1 aromatic carbocycles. The van der Waals surface area contributed by atoms with Crippen LogP contribution in [0.15, 0.2) is 41.4 Å². The van der Waals surface area contributed by atoms with Crippen LogP contribution in [0.5, 0.6) is 0 Å². The molecule has 0 radical (unpaired) electrons. The molecule has 0 atom stereocenters. The van der Waals surface area contributed by atoms with Crippen LogP contribution in [-0.2, 0) is 4.79 Å². The largest absolute Gasteiger partial charge is 0.478 e. The summed E-state index contributed by atoms with van der Waals surface area (Å²) in [5.41, 5.74) is 0.412. The number of benzene rings is 1. The average molecular weight is 299 g/mol. The number of hydrogen-bond acceptors (Lipinski definition) is 5. The van der Waals surface area contributed by atoms with Gasteiger partial charge in [-0.05, 0) is 23.8 Å². The predicted molar refractivity (Wildman–Crippen MR) is 77.7 cm³/mol. The minimum atomic E-state index is -1.07. The van der Waals surface area contributed by atoms with E-state index in [9.17, 15) is 9.59 Å². The Hall–Kier alpha value is -2.98. The number of amides is 1. The van der Waals surface area contributed by atoms with Gasteiger partial charge in [0.25, 0.3) is 5.91 Å². The van der Waals surface area contributed by atoms with Gasteiger partial charge in [-0.2, -0.15) is 5.26 Å². The summed E-state index contributed by atoms with van der Waals surface area (Å²) in [6.45, 7) is 0. The maximum absolute atomic E-state index is 11.9. The first-order valence-corrected chi connectivity index (χ1v) is 6.64. The number of thiazole rings is 1. The Balaban J connectivity index is 2.24. The van der Waals surface area contributed by atoms with E-state index in [-0.39, 0.29) is 11.1 Å². The molecule has 6 nitrogen and oxygen atoms in total. The summed E-state index contributed by atoms with van der Waals surface area (Å²) in [7, 11) is 0. The molecule has 21 heavy (non-hydrogen) atoms. The number of aromatic carboxylic acids is 1. The molecule has 7 heteroatoms. The number of nitrogens with one attached hydrogen (secondary N) is 1. The van der Waals surface area contributed by atoms with E-state index in [0.717, 1.165) is 0 Å². The number of carbonyl (C=O) groups excluding carboxylic acids is 1. The van der Waals surface area contributed by atoms with E-state index in [1.165, 1.54) is 35.7 Å². The van der Waals surface area contributed by atoms with Gasteiger partial charge in [0.1, 0.15) is 11.6 Å². The summed E-state index contributed by atoms with van der Waals surface area (Å²) >= 11 is 1.23. The highest BCUT2D eigenvalue weighted by molar-refractivity contribution is 7.13. The Labute approximate surface area is 124 Å². The van der Waals surface area contributed by atoms with Crippen molar-refractivity contribution in [2.45, 2.75) is 0 Å². The number of carboxylic acid groups (broad SMARTS) is 1. The normalized spacial score (nSPS) is 10.7. The highest BCUT2D eigenvalue weighted by Gasteiger charge is 2.11. The van der Waals surface area contributed by atoms with Gasteiger partial charge in [-0.1, -0.05) is 12.1 Å². The molecule has 1 amide bonds. The number of carbonyl (C=O) groups is 2. The van der Waals surface area contributed by atoms with Crippen molar-refractivity contribution in [3.63, 3.8) is 0 Å². The van der Waals surface area contributed by atoms with Gasteiger partial charge in [-0.15, -0.1) is 11.3 Å². The molecule has 104 valence electrons. The van der Waals surface area contributed by atoms with Crippen molar-refractivity contribution in [1.29, 1.82) is 5.26 Å². The highest BCUT2D eigenvalue weighted by atomic mass is 32.1. The van der Waals surface area contributed by atoms with Crippen LogP contribution >= 0.6 is 11.3 Å². The van der Waals surface area contributed by atoms with Gasteiger partial charge in [-0.25, -0.2) is 9.78 Å². The second-order valence-corrected chi connectivity index (χ2v) is 4.79. The smallest absolute Gasteiger partial charge is 0.335 e. The molecule has 2 aromatic rings. The van der Waals surface area contributed by atoms with Crippen molar-refractivity contribution >= 4 is 34.4 Å². The van der Waals surface area contributed by atoms with Gasteiger partial charge in [0.15, 0.2) is 5.13 Å². The third-order valence-electron chi connectivity index (χ3n) is 2.46. The van der Waals surface area contributed by atoms with Gasteiger partial charge in [0, 0.05) is 11.6 Å². The van der Waals surface area contributed by atoms with Gasteiger partial charge in [-0.3, -0.25) is 10.1 Å². The fourth-order valence-electron chi connectivity index (χ4n) is 1.53. The number of aromatic nitrogens is 1. The summed E-state index contributed by atoms with van der Waals surface area (Å²) in [6, 6.07) is 7.76. The number of anilines is 1. The zero-order valence-electron chi connectivity index (χ0n) is 10.6. The molecule has 0 saturated heterocycles. The molecule has 0 bridgehead atoms. The topological polar surface area (TPSA) is 103 Å². The van der Waals surface area contributed by atoms with E-state index in [0.29, 0.717) is 10.7 Å². The van der Waals surface area contributed by atoms with Crippen molar-refractivity contribution in [2.75, 3.05) is 5.32 Å². The van der Waals surface area contributed by atoms with Crippen LogP contribution in [0.4, 0.5) is 5.13 Å². The molecule has 1 heterocycles. The predicted octanol–water partition coefficient (Wildman–Crippen LogP) is 2.39. The van der Waals surface area contributed by atoms with E-state index in [2.05, 4.69) is 10.3 Å². The average Bonchev–Trinajstić information content (AvgIpc) is 2.97. The second kappa shape index (κ2) is 6.45. The molecule has 0 unspecified atom stereocenters. The van der Waals surface area contributed by atoms with E-state index < -0.39 is 11.9 Å². The molecular formula is C14H9N3O3S. The molecule has 0 saturated carbocycles. The lowest BCUT2D eigenvalue weighted by molar-refractivity contribution is -0.112. The molecule has 1 aromatic heterocycles. The van der Waals surface area contributed by atoms with E-state index in [1.54, 1.807) is 23.6 Å². The van der Waals surface area contributed by atoms with E-state index in [4.69, 9.17) is 10.4 Å². The molecule has 2 N–H and O–H groups in total. The maximum Gasteiger partial charge on any atom is 0.335 e. The minimum Gasteiger partial charge on any atom is -0.478 e. The standard InChI is InChI=1S/C14H9N3O3S/c15-8-11(12(18)17-14-16-4-5-21-14)7-9-2-1-3-10(6-9)13(19)20/h1-7H,(H,19,20)(H,16,17,18)/b11-7+. The molecule has 0 aliphatic carbocycles.